The summed E-state index contributed by atoms with van der Waals surface area (Å²) in [7, 11) is 1.95. The number of carbonyl (C=O) groups is 1. The summed E-state index contributed by atoms with van der Waals surface area (Å²) >= 11 is 0. The van der Waals surface area contributed by atoms with Crippen LogP contribution in [0.3, 0.4) is 0 Å². The van der Waals surface area contributed by atoms with E-state index in [0.29, 0.717) is 19.8 Å². The smallest absolute Gasteiger partial charge is 0.320 e. The van der Waals surface area contributed by atoms with Crippen molar-refractivity contribution in [1.29, 1.82) is 0 Å². The van der Waals surface area contributed by atoms with Crippen molar-refractivity contribution in [2.45, 2.75) is 5.54 Å². The molecule has 0 amide bonds. The zero-order valence-electron chi connectivity index (χ0n) is 19.6. The molecule has 0 spiro atoms. The third-order valence-electron chi connectivity index (χ3n) is 5.61. The lowest BCUT2D eigenvalue weighted by Crippen LogP contribution is -2.48. The topological polar surface area (TPSA) is 68.2 Å². The summed E-state index contributed by atoms with van der Waals surface area (Å²) in [6.45, 7) is 1.61. The molecule has 3 aromatic carbocycles. The molecule has 0 unspecified atom stereocenters. The van der Waals surface area contributed by atoms with Crippen LogP contribution in [0, 0.1) is 0 Å². The van der Waals surface area contributed by atoms with Crippen LogP contribution in [0.1, 0.15) is 16.7 Å². The quantitative estimate of drug-likeness (QED) is 0.224. The fourth-order valence-corrected chi connectivity index (χ4v) is 4.16. The predicted molar refractivity (Wildman–Crippen MR) is 132 cm³/mol. The Balaban J connectivity index is 1.77. The third kappa shape index (κ3) is 6.52. The third-order valence-corrected chi connectivity index (χ3v) is 5.61. The number of aliphatic hydroxyl groups is 1. The molecule has 3 rings (SSSR count). The van der Waals surface area contributed by atoms with Crippen LogP contribution in [-0.2, 0) is 24.5 Å². The van der Waals surface area contributed by atoms with Gasteiger partial charge < -0.3 is 19.3 Å². The normalized spacial score (nSPS) is 11.5. The maximum Gasteiger partial charge on any atom is 0.320 e. The predicted octanol–water partition coefficient (Wildman–Crippen LogP) is 3.48. The molecule has 180 valence electrons. The molecule has 3 aromatic rings. The Labute approximate surface area is 201 Å². The molecule has 0 aliphatic heterocycles. The fourth-order valence-electron chi connectivity index (χ4n) is 4.16. The Kier molecular flexibility index (Phi) is 10.3. The largest absolute Gasteiger partial charge is 0.462 e. The van der Waals surface area contributed by atoms with Crippen LogP contribution in [0.4, 0.5) is 0 Å². The highest BCUT2D eigenvalue weighted by Gasteiger charge is 2.41. The molecule has 0 aliphatic carbocycles. The highest BCUT2D eigenvalue weighted by atomic mass is 16.6. The molecular formula is C28H33NO5. The molecule has 0 radical (unpaired) electrons. The van der Waals surface area contributed by atoms with Crippen molar-refractivity contribution >= 4 is 5.97 Å². The van der Waals surface area contributed by atoms with E-state index in [1.165, 1.54) is 0 Å². The van der Waals surface area contributed by atoms with Gasteiger partial charge in [0.15, 0.2) is 0 Å². The number of rotatable bonds is 14. The number of benzene rings is 3. The molecule has 0 saturated carbocycles. The summed E-state index contributed by atoms with van der Waals surface area (Å²) in [5.74, 6) is -0.324. The van der Waals surface area contributed by atoms with Crippen molar-refractivity contribution in [1.82, 2.24) is 4.90 Å². The molecule has 1 N–H and O–H groups in total. The molecule has 6 heteroatoms. The lowest BCUT2D eigenvalue weighted by molar-refractivity contribution is -0.147. The minimum Gasteiger partial charge on any atom is -0.462 e. The van der Waals surface area contributed by atoms with E-state index < -0.39 is 5.54 Å². The molecule has 0 fully saturated rings. The van der Waals surface area contributed by atoms with Gasteiger partial charge in [-0.05, 0) is 23.7 Å². The zero-order valence-corrected chi connectivity index (χ0v) is 19.6. The highest BCUT2D eigenvalue weighted by molar-refractivity contribution is 5.72. The van der Waals surface area contributed by atoms with Gasteiger partial charge in [-0.1, -0.05) is 91.0 Å². The Morgan fingerprint density at radius 2 is 1.12 bits per heavy atom. The average molecular weight is 464 g/mol. The Bertz CT molecular complexity index is 869. The van der Waals surface area contributed by atoms with E-state index >= 15 is 0 Å². The number of esters is 1. The van der Waals surface area contributed by atoms with Gasteiger partial charge in [0.2, 0.25) is 0 Å². The summed E-state index contributed by atoms with van der Waals surface area (Å²) in [5.41, 5.74) is 2.51. The molecule has 0 saturated heterocycles. The van der Waals surface area contributed by atoms with Crippen LogP contribution in [-0.4, -0.2) is 69.2 Å². The van der Waals surface area contributed by atoms with E-state index in [2.05, 4.69) is 36.4 Å². The standard InChI is InChI=1S/C28H33NO5/c1-29(23-27(31)34-22-21-33-20-19-32-18-17-30)28(24-11-5-2-6-12-24,25-13-7-3-8-14-25)26-15-9-4-10-16-26/h2-16,30H,17-23H2,1H3. The number of carbonyl (C=O) groups excluding carboxylic acids is 1. The van der Waals surface area contributed by atoms with Gasteiger partial charge in [0.1, 0.15) is 6.61 Å². The van der Waals surface area contributed by atoms with Gasteiger partial charge in [0.25, 0.3) is 0 Å². The first-order valence-electron chi connectivity index (χ1n) is 11.5. The number of nitrogens with zero attached hydrogens (tertiary/aromatic N) is 1. The Morgan fingerprint density at radius 3 is 1.56 bits per heavy atom. The highest BCUT2D eigenvalue weighted by Crippen LogP contribution is 2.41. The first-order chi connectivity index (χ1) is 16.7. The van der Waals surface area contributed by atoms with E-state index in [1.54, 1.807) is 0 Å². The van der Waals surface area contributed by atoms with Crippen molar-refractivity contribution in [3.05, 3.63) is 108 Å². The van der Waals surface area contributed by atoms with Crippen molar-refractivity contribution < 1.29 is 24.1 Å². The van der Waals surface area contributed by atoms with Crippen molar-refractivity contribution in [2.24, 2.45) is 0 Å². The summed E-state index contributed by atoms with van der Waals surface area (Å²) in [6, 6.07) is 30.6. The first kappa shape index (κ1) is 25.6. The molecule has 34 heavy (non-hydrogen) atoms. The molecular weight excluding hydrogens is 430 g/mol. The van der Waals surface area contributed by atoms with Crippen LogP contribution in [0.5, 0.6) is 0 Å². The summed E-state index contributed by atoms with van der Waals surface area (Å²) in [4.78, 5) is 14.8. The van der Waals surface area contributed by atoms with Crippen LogP contribution in [0.25, 0.3) is 0 Å². The van der Waals surface area contributed by atoms with E-state index in [0.717, 1.165) is 16.7 Å². The summed E-state index contributed by atoms with van der Waals surface area (Å²) in [5, 5.41) is 8.69. The SMILES string of the molecule is CN(CC(=O)OCCOCCOCCO)C(c1ccccc1)(c1ccccc1)c1ccccc1. The average Bonchev–Trinajstić information content (AvgIpc) is 2.88. The van der Waals surface area contributed by atoms with Gasteiger partial charge in [0, 0.05) is 0 Å². The molecule has 0 bridgehead atoms. The Hall–Kier alpha value is -3.03. The second-order valence-corrected chi connectivity index (χ2v) is 7.83. The number of aliphatic hydroxyl groups excluding tert-OH is 1. The molecule has 0 heterocycles. The van der Waals surface area contributed by atoms with Gasteiger partial charge in [-0.3, -0.25) is 9.69 Å². The molecule has 6 nitrogen and oxygen atoms in total. The molecule has 0 atom stereocenters. The lowest BCUT2D eigenvalue weighted by atomic mass is 9.76. The summed E-state index contributed by atoms with van der Waals surface area (Å²) in [6.07, 6.45) is 0. The minimum absolute atomic E-state index is 0.0123. The zero-order chi connectivity index (χ0) is 24.1. The van der Waals surface area contributed by atoms with Crippen LogP contribution >= 0.6 is 0 Å². The number of likely N-dealkylation sites (N-methyl/N-ethyl adjacent to an activating group) is 1. The second kappa shape index (κ2) is 13.6. The van der Waals surface area contributed by atoms with E-state index in [9.17, 15) is 4.79 Å². The van der Waals surface area contributed by atoms with Gasteiger partial charge in [0.05, 0.1) is 45.1 Å². The van der Waals surface area contributed by atoms with Crippen molar-refractivity contribution in [3.63, 3.8) is 0 Å². The van der Waals surface area contributed by atoms with Gasteiger partial charge >= 0.3 is 5.97 Å². The first-order valence-corrected chi connectivity index (χ1v) is 11.5. The van der Waals surface area contributed by atoms with Gasteiger partial charge in [-0.15, -0.1) is 0 Å². The maximum absolute atomic E-state index is 12.8. The number of hydrogen-bond donors (Lipinski definition) is 1. The number of ether oxygens (including phenoxy) is 3. The van der Waals surface area contributed by atoms with Crippen molar-refractivity contribution in [2.75, 3.05) is 53.2 Å². The minimum atomic E-state index is -0.677. The second-order valence-electron chi connectivity index (χ2n) is 7.83. The van der Waals surface area contributed by atoms with E-state index in [1.807, 2.05) is 66.5 Å². The summed E-state index contributed by atoms with van der Waals surface area (Å²) < 4.78 is 16.0. The van der Waals surface area contributed by atoms with Gasteiger partial charge in [-0.25, -0.2) is 0 Å². The van der Waals surface area contributed by atoms with E-state index in [4.69, 9.17) is 19.3 Å². The number of hydrogen-bond acceptors (Lipinski definition) is 6. The van der Waals surface area contributed by atoms with Crippen molar-refractivity contribution in [3.8, 4) is 0 Å². The molecule has 0 aromatic heterocycles. The monoisotopic (exact) mass is 463 g/mol. The lowest BCUT2D eigenvalue weighted by Gasteiger charge is -2.43. The van der Waals surface area contributed by atoms with Crippen LogP contribution in [0.15, 0.2) is 91.0 Å². The van der Waals surface area contributed by atoms with Crippen LogP contribution in [0.2, 0.25) is 0 Å². The fraction of sp³-hybridized carbons (Fsp3) is 0.321. The molecule has 0 aliphatic rings. The maximum atomic E-state index is 12.8. The Morgan fingerprint density at radius 1 is 0.706 bits per heavy atom. The van der Waals surface area contributed by atoms with Gasteiger partial charge in [-0.2, -0.15) is 0 Å². The van der Waals surface area contributed by atoms with E-state index in [-0.39, 0.29) is 32.3 Å². The van der Waals surface area contributed by atoms with Crippen LogP contribution < -0.4 is 0 Å².